The zero-order valence-corrected chi connectivity index (χ0v) is 19.8. The van der Waals surface area contributed by atoms with Crippen LogP contribution < -0.4 is 0 Å². The van der Waals surface area contributed by atoms with Crippen LogP contribution >= 0.6 is 0 Å². The molecule has 0 saturated heterocycles. The molecule has 0 heterocycles. The highest BCUT2D eigenvalue weighted by Gasteiger charge is 2.48. The van der Waals surface area contributed by atoms with E-state index in [0.717, 1.165) is 6.42 Å². The smallest absolute Gasteiger partial charge is 0.258 e. The molecule has 0 saturated carbocycles. The lowest BCUT2D eigenvalue weighted by molar-refractivity contribution is 0.327. The third-order valence-electron chi connectivity index (χ3n) is 6.98. The monoisotopic (exact) mass is 394 g/mol. The number of hydrogen-bond acceptors (Lipinski definition) is 1. The zero-order valence-electron chi connectivity index (χ0n) is 18.8. The molecule has 0 unspecified atom stereocenters. The van der Waals surface area contributed by atoms with Crippen molar-refractivity contribution < 1.29 is 4.43 Å². The van der Waals surface area contributed by atoms with Crippen LogP contribution in [0.15, 0.2) is 66.0 Å². The van der Waals surface area contributed by atoms with E-state index in [4.69, 9.17) is 4.43 Å². The largest absolute Gasteiger partial charge is 0.545 e. The molecule has 3 rings (SSSR count). The van der Waals surface area contributed by atoms with Gasteiger partial charge in [0.25, 0.3) is 8.32 Å². The van der Waals surface area contributed by atoms with Crippen molar-refractivity contribution in [3.8, 4) is 0 Å². The van der Waals surface area contributed by atoms with Crippen LogP contribution in [0, 0.1) is 11.8 Å². The van der Waals surface area contributed by atoms with E-state index in [1.165, 1.54) is 16.9 Å². The first-order chi connectivity index (χ1) is 13.3. The summed E-state index contributed by atoms with van der Waals surface area (Å²) in [5, 5.41) is 0. The summed E-state index contributed by atoms with van der Waals surface area (Å²) in [6.45, 7) is 16.6. The maximum Gasteiger partial charge on any atom is 0.258 e. The van der Waals surface area contributed by atoms with Crippen molar-refractivity contribution in [2.45, 2.75) is 77.4 Å². The first-order valence-electron chi connectivity index (χ1n) is 11.1. The summed E-state index contributed by atoms with van der Waals surface area (Å²) in [4.78, 5) is 0. The van der Waals surface area contributed by atoms with Gasteiger partial charge in [-0.05, 0) is 46.2 Å². The Morgan fingerprint density at radius 2 is 1.50 bits per heavy atom. The lowest BCUT2D eigenvalue weighted by Gasteiger charge is -2.44. The van der Waals surface area contributed by atoms with Gasteiger partial charge < -0.3 is 4.43 Å². The van der Waals surface area contributed by atoms with E-state index in [1.807, 2.05) is 0 Å². The van der Waals surface area contributed by atoms with Crippen molar-refractivity contribution in [1.29, 1.82) is 0 Å². The van der Waals surface area contributed by atoms with Crippen molar-refractivity contribution in [1.82, 2.24) is 0 Å². The molecule has 1 aromatic carbocycles. The predicted octanol–water partition coefficient (Wildman–Crippen LogP) is 8.00. The summed E-state index contributed by atoms with van der Waals surface area (Å²) < 4.78 is 7.28. The summed E-state index contributed by atoms with van der Waals surface area (Å²) in [6.07, 6.45) is 10.7. The molecule has 0 bridgehead atoms. The minimum Gasteiger partial charge on any atom is -0.545 e. The van der Waals surface area contributed by atoms with Gasteiger partial charge in [0.1, 0.15) is 0 Å². The normalized spacial score (nSPS) is 25.0. The van der Waals surface area contributed by atoms with Crippen molar-refractivity contribution in [2.75, 3.05) is 0 Å². The first-order valence-corrected chi connectivity index (χ1v) is 13.2. The Labute approximate surface area is 173 Å². The van der Waals surface area contributed by atoms with Crippen molar-refractivity contribution >= 4 is 8.32 Å². The minimum atomic E-state index is -1.97. The fourth-order valence-electron chi connectivity index (χ4n) is 5.63. The summed E-state index contributed by atoms with van der Waals surface area (Å²) >= 11 is 0. The maximum absolute atomic E-state index is 7.28. The molecule has 0 N–H and O–H groups in total. The van der Waals surface area contributed by atoms with Gasteiger partial charge in [0.05, 0.1) is 5.76 Å². The van der Waals surface area contributed by atoms with Gasteiger partial charge in [0.2, 0.25) is 0 Å². The third-order valence-corrected chi connectivity index (χ3v) is 13.0. The number of rotatable bonds is 6. The van der Waals surface area contributed by atoms with Gasteiger partial charge >= 0.3 is 0 Å². The van der Waals surface area contributed by atoms with Crippen LogP contribution in [-0.4, -0.2) is 8.32 Å². The van der Waals surface area contributed by atoms with Crippen LogP contribution in [0.2, 0.25) is 16.6 Å². The van der Waals surface area contributed by atoms with Gasteiger partial charge in [-0.3, -0.25) is 0 Å². The molecule has 2 aliphatic carbocycles. The third kappa shape index (κ3) is 3.81. The van der Waals surface area contributed by atoms with Crippen LogP contribution in [0.1, 0.15) is 66.4 Å². The standard InChI is InChI=1S/C26H38OSi/c1-18(2)28(19(3)4,20(5)6)27-26-17-25(22-12-9-8-10-13-22)21(7)16-23-14-11-15-24(23)26/h8-14,16-21,24-25H,15H2,1-7H3/t21-,24+,25+/m0/s1. The van der Waals surface area contributed by atoms with Crippen molar-refractivity contribution in [3.63, 3.8) is 0 Å². The van der Waals surface area contributed by atoms with Gasteiger partial charge in [-0.25, -0.2) is 0 Å². The number of allylic oxidation sites excluding steroid dienone is 5. The molecular weight excluding hydrogens is 356 g/mol. The maximum atomic E-state index is 7.28. The molecule has 0 spiro atoms. The van der Waals surface area contributed by atoms with E-state index in [0.29, 0.717) is 34.4 Å². The Bertz CT molecular complexity index is 732. The summed E-state index contributed by atoms with van der Waals surface area (Å²) in [5.41, 5.74) is 4.61. The topological polar surface area (TPSA) is 9.23 Å². The van der Waals surface area contributed by atoms with Crippen LogP contribution in [0.3, 0.4) is 0 Å². The van der Waals surface area contributed by atoms with Gasteiger partial charge in [0, 0.05) is 11.8 Å². The summed E-state index contributed by atoms with van der Waals surface area (Å²) in [5.74, 6) is 2.49. The summed E-state index contributed by atoms with van der Waals surface area (Å²) in [6, 6.07) is 11.0. The van der Waals surface area contributed by atoms with E-state index in [1.54, 1.807) is 0 Å². The zero-order chi connectivity index (χ0) is 20.5. The Hall–Kier alpha value is -1.54. The van der Waals surface area contributed by atoms with E-state index in [-0.39, 0.29) is 0 Å². The molecule has 0 aliphatic heterocycles. The van der Waals surface area contributed by atoms with Gasteiger partial charge in [-0.15, -0.1) is 0 Å². The SMILES string of the molecule is CC(C)[Si](OC1=C[C@@H](c2ccccc2)[C@@H](C)C=C2C=CC[C@H]21)(C(C)C)C(C)C. The molecule has 28 heavy (non-hydrogen) atoms. The van der Waals surface area contributed by atoms with Crippen LogP contribution in [-0.2, 0) is 4.43 Å². The fourth-order valence-corrected chi connectivity index (χ4v) is 11.0. The van der Waals surface area contributed by atoms with E-state index >= 15 is 0 Å². The Morgan fingerprint density at radius 3 is 2.07 bits per heavy atom. The summed E-state index contributed by atoms with van der Waals surface area (Å²) in [7, 11) is -1.97. The Morgan fingerprint density at radius 1 is 0.893 bits per heavy atom. The minimum absolute atomic E-state index is 0.376. The van der Waals surface area contributed by atoms with Crippen molar-refractivity contribution in [3.05, 3.63) is 71.5 Å². The molecule has 1 nitrogen and oxygen atoms in total. The molecule has 152 valence electrons. The van der Waals surface area contributed by atoms with E-state index in [9.17, 15) is 0 Å². The highest BCUT2D eigenvalue weighted by molar-refractivity contribution is 6.77. The quantitative estimate of drug-likeness (QED) is 0.444. The van der Waals surface area contributed by atoms with Crippen LogP contribution in [0.4, 0.5) is 0 Å². The molecule has 2 heteroatoms. The molecular formula is C26H38OSi. The molecule has 0 fully saturated rings. The van der Waals surface area contributed by atoms with Gasteiger partial charge in [-0.2, -0.15) is 0 Å². The molecule has 3 atom stereocenters. The molecule has 2 aliphatic rings. The lowest BCUT2D eigenvalue weighted by Crippen LogP contribution is -2.48. The number of hydrogen-bond donors (Lipinski definition) is 0. The van der Waals surface area contributed by atoms with Crippen LogP contribution in [0.5, 0.6) is 0 Å². The first kappa shape index (κ1) is 21.2. The lowest BCUT2D eigenvalue weighted by atomic mass is 9.87. The molecule has 0 amide bonds. The second kappa shape index (κ2) is 8.45. The Balaban J connectivity index is 2.09. The van der Waals surface area contributed by atoms with Gasteiger partial charge in [0.15, 0.2) is 0 Å². The second-order valence-corrected chi connectivity index (χ2v) is 15.0. The average molecular weight is 395 g/mol. The highest BCUT2D eigenvalue weighted by atomic mass is 28.4. The number of benzene rings is 1. The molecule has 0 radical (unpaired) electrons. The number of fused-ring (bicyclic) bond motifs is 1. The predicted molar refractivity (Wildman–Crippen MR) is 124 cm³/mol. The van der Waals surface area contributed by atoms with Gasteiger partial charge in [-0.1, -0.05) is 97.0 Å². The molecule has 1 aromatic rings. The molecule has 0 aromatic heterocycles. The second-order valence-electron chi connectivity index (χ2n) is 9.64. The average Bonchev–Trinajstić information content (AvgIpc) is 3.05. The Kier molecular flexibility index (Phi) is 6.39. The van der Waals surface area contributed by atoms with Crippen LogP contribution in [0.25, 0.3) is 0 Å². The highest BCUT2D eigenvalue weighted by Crippen LogP contribution is 2.48. The van der Waals surface area contributed by atoms with E-state index < -0.39 is 8.32 Å². The fraction of sp³-hybridized carbons (Fsp3) is 0.538. The van der Waals surface area contributed by atoms with Crippen molar-refractivity contribution in [2.24, 2.45) is 11.8 Å². The van der Waals surface area contributed by atoms with E-state index in [2.05, 4.69) is 103 Å².